The van der Waals surface area contributed by atoms with Crippen molar-refractivity contribution in [1.29, 1.82) is 0 Å². The third-order valence-corrected chi connectivity index (χ3v) is 13.5. The number of rotatable bonds is 12. The van der Waals surface area contributed by atoms with Crippen LogP contribution in [0.3, 0.4) is 0 Å². The number of benzene rings is 2. The molecule has 0 radical (unpaired) electrons. The molecule has 2 aliphatic rings. The van der Waals surface area contributed by atoms with Crippen LogP contribution in [0.4, 0.5) is 11.4 Å². The summed E-state index contributed by atoms with van der Waals surface area (Å²) in [4.78, 5) is 40.6. The molecule has 2 fully saturated rings. The predicted molar refractivity (Wildman–Crippen MR) is 288 cm³/mol. The smallest absolute Gasteiger partial charge is 0.464 e. The summed E-state index contributed by atoms with van der Waals surface area (Å²) < 4.78 is 24.4. The van der Waals surface area contributed by atoms with Crippen LogP contribution < -0.4 is 15.3 Å². The summed E-state index contributed by atoms with van der Waals surface area (Å²) in [5.74, 6) is -0.726. The molecule has 2 aromatic heterocycles. The van der Waals surface area contributed by atoms with Gasteiger partial charge in [0.2, 0.25) is 0 Å². The number of hydrogen-bond acceptors (Lipinski definition) is 12. The van der Waals surface area contributed by atoms with Gasteiger partial charge in [0.25, 0.3) is 0 Å². The Balaban J connectivity index is 0.000000260. The van der Waals surface area contributed by atoms with Gasteiger partial charge in [-0.2, -0.15) is 0 Å². The lowest BCUT2D eigenvalue weighted by Crippen LogP contribution is -2.39. The highest BCUT2D eigenvalue weighted by atomic mass is 79.9. The molecule has 0 saturated carbocycles. The number of ether oxygens (including phenoxy) is 4. The molecule has 2 aliphatic heterocycles. The van der Waals surface area contributed by atoms with E-state index in [9.17, 15) is 9.59 Å². The number of nitrogens with zero attached hydrogens (tertiary/aromatic N) is 4. The van der Waals surface area contributed by atoms with Crippen molar-refractivity contribution in [3.05, 3.63) is 99.0 Å². The number of hydrogen-bond donors (Lipinski definition) is 2. The fourth-order valence-corrected chi connectivity index (χ4v) is 9.32. The van der Waals surface area contributed by atoms with Crippen LogP contribution in [-0.4, -0.2) is 89.7 Å². The van der Waals surface area contributed by atoms with Crippen LogP contribution in [0.1, 0.15) is 155 Å². The highest BCUT2D eigenvalue weighted by Gasteiger charge is 2.39. The van der Waals surface area contributed by atoms with Gasteiger partial charge in [-0.15, -0.1) is 0 Å². The Hall–Kier alpha value is -4.34. The molecule has 2 saturated heterocycles. The summed E-state index contributed by atoms with van der Waals surface area (Å²) >= 11 is 3.75. The van der Waals surface area contributed by atoms with Gasteiger partial charge in [-0.1, -0.05) is 88.4 Å². The van der Waals surface area contributed by atoms with Crippen LogP contribution in [-0.2, 0) is 28.5 Å². The molecule has 2 aromatic carbocycles. The SMILES string of the molecule is CCOC(=O)[C@@H](OC(C)(C)C)c1c(C)nc(C)c(-c2ccccc2)c1N1CCC(C)(C)CC1.CCOC(=O)[C@@H](OC(C)(C)C)c1c(C)nc(C)c(Br)c1N1CCC(C)(C)CC1.OB(O)c1ccccc1. The topological polar surface area (TPSA) is 144 Å². The lowest BCUT2D eigenvalue weighted by Gasteiger charge is -2.41. The van der Waals surface area contributed by atoms with E-state index in [4.69, 9.17) is 34.0 Å². The fraction of sp³-hybridized carbons (Fsp3) is 0.571. The van der Waals surface area contributed by atoms with Crippen LogP contribution in [0.5, 0.6) is 0 Å². The zero-order valence-corrected chi connectivity index (χ0v) is 46.7. The molecule has 0 amide bonds. The van der Waals surface area contributed by atoms with Crippen LogP contribution in [0.2, 0.25) is 0 Å². The number of anilines is 2. The predicted octanol–water partition coefficient (Wildman–Crippen LogP) is 11.3. The van der Waals surface area contributed by atoms with Crippen molar-refractivity contribution < 1.29 is 38.6 Å². The minimum absolute atomic E-state index is 0.306. The van der Waals surface area contributed by atoms with Gasteiger partial charge in [0, 0.05) is 60.0 Å². The zero-order valence-electron chi connectivity index (χ0n) is 45.1. The summed E-state index contributed by atoms with van der Waals surface area (Å²) in [6.07, 6.45) is 2.73. The fourth-order valence-electron chi connectivity index (χ4n) is 8.77. The molecule has 70 heavy (non-hydrogen) atoms. The van der Waals surface area contributed by atoms with E-state index >= 15 is 0 Å². The molecule has 4 heterocycles. The number of pyridine rings is 2. The van der Waals surface area contributed by atoms with Crippen LogP contribution in [0.15, 0.2) is 65.1 Å². The molecule has 4 aromatic rings. The van der Waals surface area contributed by atoms with Gasteiger partial charge < -0.3 is 38.8 Å². The first-order valence-electron chi connectivity index (χ1n) is 24.9. The number of carbonyl (C=O) groups excluding carboxylic acids is 2. The van der Waals surface area contributed by atoms with Crippen molar-refractivity contribution >= 4 is 51.8 Å². The molecule has 0 bridgehead atoms. The van der Waals surface area contributed by atoms with E-state index in [-0.39, 0.29) is 11.9 Å². The van der Waals surface area contributed by atoms with E-state index in [1.165, 1.54) is 0 Å². The van der Waals surface area contributed by atoms with Gasteiger partial charge in [0.1, 0.15) is 0 Å². The number of aromatic nitrogens is 2. The number of halogens is 1. The standard InChI is InChI=1S/C28H40N2O3.C22H35BrN2O3.C6H7BO2/c1-9-32-26(31)25(33-27(4,5)6)23-20(3)29-19(2)22(21-13-11-10-12-14-21)24(23)30-17-15-28(7,8)16-18-30;1-9-27-20(26)19(28-21(4,5)6)16-14(2)24-15(3)17(23)18(16)25-12-10-22(7,8)11-13-25;8-7(9)6-4-2-1-3-5-6/h10-14,25H,9,15-18H2,1-8H3;19H,9-13H2,1-8H3;1-5,8-9H/t25-;19-;/m00./s1. The summed E-state index contributed by atoms with van der Waals surface area (Å²) in [7, 11) is -1.34. The maximum atomic E-state index is 13.3. The zero-order chi connectivity index (χ0) is 52.4. The van der Waals surface area contributed by atoms with Gasteiger partial charge in [-0.05, 0) is 147 Å². The Bertz CT molecular complexity index is 2330. The Kier molecular flexibility index (Phi) is 20.7. The molecule has 6 rings (SSSR count). The molecular weight excluding hydrogens is 947 g/mol. The van der Waals surface area contributed by atoms with E-state index in [1.807, 2.05) is 100 Å². The maximum Gasteiger partial charge on any atom is 0.488 e. The van der Waals surface area contributed by atoms with Crippen molar-refractivity contribution in [2.24, 2.45) is 10.8 Å². The average molecular weight is 1030 g/mol. The van der Waals surface area contributed by atoms with Crippen LogP contribution in [0, 0.1) is 38.5 Å². The Morgan fingerprint density at radius 2 is 1.00 bits per heavy atom. The molecule has 2 N–H and O–H groups in total. The van der Waals surface area contributed by atoms with Gasteiger partial charge in [0.05, 0.1) is 46.0 Å². The second kappa shape index (κ2) is 24.9. The van der Waals surface area contributed by atoms with Gasteiger partial charge in [0.15, 0.2) is 12.2 Å². The normalized spacial score (nSPS) is 16.4. The first kappa shape index (κ1) is 58.2. The number of carbonyl (C=O) groups is 2. The second-order valence-corrected chi connectivity index (χ2v) is 22.7. The van der Waals surface area contributed by atoms with Crippen molar-refractivity contribution in [2.45, 2.75) is 160 Å². The maximum absolute atomic E-state index is 13.3. The minimum atomic E-state index is -1.34. The third-order valence-electron chi connectivity index (χ3n) is 12.6. The van der Waals surface area contributed by atoms with E-state index in [0.29, 0.717) is 29.5 Å². The summed E-state index contributed by atoms with van der Waals surface area (Å²) in [5, 5.41) is 17.2. The lowest BCUT2D eigenvalue weighted by molar-refractivity contribution is -0.167. The Morgan fingerprint density at radius 3 is 1.37 bits per heavy atom. The summed E-state index contributed by atoms with van der Waals surface area (Å²) in [6.45, 7) is 37.0. The van der Waals surface area contributed by atoms with Gasteiger partial charge in [-0.3, -0.25) is 9.97 Å². The quantitative estimate of drug-likeness (QED) is 0.103. The largest absolute Gasteiger partial charge is 0.488 e. The Morgan fingerprint density at radius 1 is 0.629 bits per heavy atom. The summed E-state index contributed by atoms with van der Waals surface area (Å²) in [5.41, 5.74) is 9.53. The first-order valence-corrected chi connectivity index (χ1v) is 25.7. The van der Waals surface area contributed by atoms with E-state index in [2.05, 4.69) is 77.5 Å². The molecule has 12 nitrogen and oxygen atoms in total. The van der Waals surface area contributed by atoms with Crippen molar-refractivity contribution in [3.8, 4) is 11.1 Å². The van der Waals surface area contributed by atoms with Crippen molar-refractivity contribution in [2.75, 3.05) is 49.2 Å². The van der Waals surface area contributed by atoms with Gasteiger partial charge in [-0.25, -0.2) is 9.59 Å². The third kappa shape index (κ3) is 16.3. The first-order chi connectivity index (χ1) is 32.6. The molecule has 0 unspecified atom stereocenters. The molecule has 0 aliphatic carbocycles. The minimum Gasteiger partial charge on any atom is -0.464 e. The second-order valence-electron chi connectivity index (χ2n) is 22.0. The highest BCUT2D eigenvalue weighted by molar-refractivity contribution is 9.10. The van der Waals surface area contributed by atoms with Crippen LogP contribution in [0.25, 0.3) is 11.1 Å². The summed E-state index contributed by atoms with van der Waals surface area (Å²) in [6, 6.07) is 19.0. The molecule has 2 atom stereocenters. The molecule has 14 heteroatoms. The van der Waals surface area contributed by atoms with Crippen molar-refractivity contribution in [1.82, 2.24) is 9.97 Å². The number of piperidine rings is 2. The van der Waals surface area contributed by atoms with Crippen LogP contribution >= 0.6 is 15.9 Å². The van der Waals surface area contributed by atoms with E-state index < -0.39 is 30.5 Å². The monoisotopic (exact) mass is 1030 g/mol. The molecule has 0 spiro atoms. The van der Waals surface area contributed by atoms with E-state index in [1.54, 1.807) is 24.3 Å². The highest BCUT2D eigenvalue weighted by Crippen LogP contribution is 2.46. The Labute approximate surface area is 428 Å². The van der Waals surface area contributed by atoms with E-state index in [0.717, 1.165) is 113 Å². The van der Waals surface area contributed by atoms with Gasteiger partial charge >= 0.3 is 19.1 Å². The molecular formula is C56H82BBrN4O8. The van der Waals surface area contributed by atoms with Crippen molar-refractivity contribution in [3.63, 3.8) is 0 Å². The lowest BCUT2D eigenvalue weighted by atomic mass is 9.81. The molecule has 384 valence electrons. The average Bonchev–Trinajstić information content (AvgIpc) is 3.27. The number of esters is 2. The number of aryl methyl sites for hydroxylation is 4.